The highest BCUT2D eigenvalue weighted by Crippen LogP contribution is 2.32. The molecule has 1 rings (SSSR count). The average molecular weight is 279 g/mol. The molecule has 0 saturated carbocycles. The third-order valence-corrected chi connectivity index (χ3v) is 5.02. The minimum absolute atomic E-state index is 0.113. The highest BCUT2D eigenvalue weighted by Gasteiger charge is 2.40. The zero-order valence-corrected chi connectivity index (χ0v) is 11.2. The van der Waals surface area contributed by atoms with E-state index in [0.717, 1.165) is 11.4 Å². The lowest BCUT2D eigenvalue weighted by atomic mass is 9.81. The molecule has 1 saturated heterocycles. The van der Waals surface area contributed by atoms with Crippen molar-refractivity contribution in [1.29, 1.82) is 0 Å². The molecule has 7 nitrogen and oxygen atoms in total. The summed E-state index contributed by atoms with van der Waals surface area (Å²) in [5.41, 5.74) is -0.892. The van der Waals surface area contributed by atoms with Crippen molar-refractivity contribution in [2.24, 2.45) is 5.41 Å². The number of carboxylic acid groups (broad SMARTS) is 1. The van der Waals surface area contributed by atoms with E-state index >= 15 is 0 Å². The van der Waals surface area contributed by atoms with E-state index in [0.29, 0.717) is 0 Å². The first kappa shape index (κ1) is 14.9. The molecule has 0 spiro atoms. The van der Waals surface area contributed by atoms with Crippen LogP contribution in [-0.4, -0.2) is 55.7 Å². The lowest BCUT2D eigenvalue weighted by Gasteiger charge is -2.35. The fourth-order valence-electron chi connectivity index (χ4n) is 1.77. The Kier molecular flexibility index (Phi) is 4.33. The van der Waals surface area contributed by atoms with Gasteiger partial charge in [-0.25, -0.2) is 12.7 Å². The molecule has 1 N–H and O–H groups in total. The molecule has 0 bridgehead atoms. The number of aliphatic carboxylic acids is 1. The van der Waals surface area contributed by atoms with Gasteiger partial charge in [-0.1, -0.05) is 0 Å². The monoisotopic (exact) mass is 279 g/mol. The number of carbonyl (C=O) groups is 2. The molecule has 0 atom stereocenters. The first-order valence-electron chi connectivity index (χ1n) is 5.49. The van der Waals surface area contributed by atoms with Crippen LogP contribution in [0.5, 0.6) is 0 Å². The Morgan fingerprint density at radius 1 is 1.33 bits per heavy atom. The van der Waals surface area contributed by atoms with Crippen LogP contribution in [0.15, 0.2) is 0 Å². The van der Waals surface area contributed by atoms with Gasteiger partial charge >= 0.3 is 11.9 Å². The summed E-state index contributed by atoms with van der Waals surface area (Å²) < 4.78 is 29.1. The number of carbonyl (C=O) groups excluding carboxylic acids is 1. The summed E-state index contributed by atoms with van der Waals surface area (Å²) >= 11 is 0. The van der Waals surface area contributed by atoms with Gasteiger partial charge in [-0.3, -0.25) is 9.59 Å². The molecule has 1 fully saturated rings. The van der Waals surface area contributed by atoms with Gasteiger partial charge in [0, 0.05) is 13.1 Å². The number of sulfonamides is 1. The predicted octanol–water partition coefficient (Wildman–Crippen LogP) is -0.324. The van der Waals surface area contributed by atoms with Gasteiger partial charge in [-0.2, -0.15) is 0 Å². The molecule has 0 aliphatic carbocycles. The van der Waals surface area contributed by atoms with Gasteiger partial charge < -0.3 is 9.84 Å². The summed E-state index contributed by atoms with van der Waals surface area (Å²) in [6.45, 7) is 1.82. The Morgan fingerprint density at radius 2 is 1.83 bits per heavy atom. The highest BCUT2D eigenvalue weighted by molar-refractivity contribution is 7.89. The first-order valence-corrected chi connectivity index (χ1v) is 7.10. The highest BCUT2D eigenvalue weighted by atomic mass is 32.2. The molecular formula is C10H17NO6S. The lowest BCUT2D eigenvalue weighted by molar-refractivity contribution is -0.150. The SMILES string of the molecule is COC(=O)CS(=O)(=O)N1CCC(C)(C(=O)O)CC1. The number of hydrogen-bond donors (Lipinski definition) is 1. The number of esters is 1. The number of methoxy groups -OCH3 is 1. The second-order valence-corrected chi connectivity index (χ2v) is 6.57. The quantitative estimate of drug-likeness (QED) is 0.707. The van der Waals surface area contributed by atoms with Crippen molar-refractivity contribution in [2.45, 2.75) is 19.8 Å². The predicted molar refractivity (Wildman–Crippen MR) is 62.4 cm³/mol. The maximum absolute atomic E-state index is 11.8. The Morgan fingerprint density at radius 3 is 2.22 bits per heavy atom. The van der Waals surface area contributed by atoms with Gasteiger partial charge in [0.05, 0.1) is 12.5 Å². The Labute approximate surface area is 106 Å². The summed E-state index contributed by atoms with van der Waals surface area (Å²) in [5, 5.41) is 9.03. The van der Waals surface area contributed by atoms with Crippen LogP contribution >= 0.6 is 0 Å². The molecule has 0 unspecified atom stereocenters. The van der Waals surface area contributed by atoms with Crippen molar-refractivity contribution in [3.8, 4) is 0 Å². The number of nitrogens with zero attached hydrogens (tertiary/aromatic N) is 1. The lowest BCUT2D eigenvalue weighted by Crippen LogP contribution is -2.46. The Bertz CT molecular complexity index is 435. The van der Waals surface area contributed by atoms with E-state index in [9.17, 15) is 18.0 Å². The number of carboxylic acids is 1. The van der Waals surface area contributed by atoms with E-state index in [1.165, 1.54) is 0 Å². The van der Waals surface area contributed by atoms with Crippen LogP contribution in [0.4, 0.5) is 0 Å². The van der Waals surface area contributed by atoms with E-state index in [1.54, 1.807) is 6.92 Å². The van der Waals surface area contributed by atoms with Crippen LogP contribution in [0.25, 0.3) is 0 Å². The van der Waals surface area contributed by atoms with E-state index in [2.05, 4.69) is 4.74 Å². The molecule has 0 aromatic rings. The van der Waals surface area contributed by atoms with Crippen LogP contribution in [-0.2, 0) is 24.3 Å². The van der Waals surface area contributed by atoms with Crippen LogP contribution < -0.4 is 0 Å². The number of hydrogen-bond acceptors (Lipinski definition) is 5. The Hall–Kier alpha value is -1.15. The minimum atomic E-state index is -3.70. The zero-order chi connectivity index (χ0) is 14.0. The van der Waals surface area contributed by atoms with E-state index < -0.39 is 33.1 Å². The smallest absolute Gasteiger partial charge is 0.322 e. The van der Waals surface area contributed by atoms with Crippen molar-refractivity contribution in [1.82, 2.24) is 4.31 Å². The largest absolute Gasteiger partial charge is 0.481 e. The topological polar surface area (TPSA) is 101 Å². The molecule has 1 aliphatic heterocycles. The van der Waals surface area contributed by atoms with Crippen molar-refractivity contribution < 1.29 is 27.9 Å². The molecule has 0 amide bonds. The molecule has 0 aromatic heterocycles. The first-order chi connectivity index (χ1) is 8.21. The molecular weight excluding hydrogens is 262 g/mol. The van der Waals surface area contributed by atoms with Gasteiger partial charge in [0.25, 0.3) is 0 Å². The third kappa shape index (κ3) is 3.20. The average Bonchev–Trinajstić information content (AvgIpc) is 2.28. The number of ether oxygens (including phenoxy) is 1. The maximum atomic E-state index is 11.8. The summed E-state index contributed by atoms with van der Waals surface area (Å²) in [6, 6.07) is 0. The zero-order valence-electron chi connectivity index (χ0n) is 10.4. The van der Waals surface area contributed by atoms with Crippen molar-refractivity contribution >= 4 is 22.0 Å². The van der Waals surface area contributed by atoms with Crippen LogP contribution in [0.3, 0.4) is 0 Å². The summed E-state index contributed by atoms with van der Waals surface area (Å²) in [7, 11) is -2.58. The fraction of sp³-hybridized carbons (Fsp3) is 0.800. The molecule has 8 heteroatoms. The van der Waals surface area contributed by atoms with Gasteiger partial charge in [0.1, 0.15) is 0 Å². The standard InChI is InChI=1S/C10H17NO6S/c1-10(9(13)14)3-5-11(6-4-10)18(15,16)7-8(12)17-2/h3-7H2,1-2H3,(H,13,14). The molecule has 0 radical (unpaired) electrons. The van der Waals surface area contributed by atoms with Gasteiger partial charge in [0.2, 0.25) is 10.0 Å². The fourth-order valence-corrected chi connectivity index (χ4v) is 3.11. The third-order valence-electron chi connectivity index (χ3n) is 3.26. The molecule has 18 heavy (non-hydrogen) atoms. The summed E-state index contributed by atoms with van der Waals surface area (Å²) in [5.74, 6) is -2.44. The van der Waals surface area contributed by atoms with Crippen molar-refractivity contribution in [3.63, 3.8) is 0 Å². The van der Waals surface area contributed by atoms with Gasteiger partial charge in [-0.15, -0.1) is 0 Å². The molecule has 104 valence electrons. The van der Waals surface area contributed by atoms with E-state index in [1.807, 2.05) is 0 Å². The van der Waals surface area contributed by atoms with E-state index in [-0.39, 0.29) is 25.9 Å². The van der Waals surface area contributed by atoms with Gasteiger partial charge in [0.15, 0.2) is 5.75 Å². The molecule has 0 aromatic carbocycles. The number of rotatable bonds is 4. The summed E-state index contributed by atoms with van der Waals surface area (Å²) in [6.07, 6.45) is 0.478. The van der Waals surface area contributed by atoms with E-state index in [4.69, 9.17) is 5.11 Å². The van der Waals surface area contributed by atoms with Crippen molar-refractivity contribution in [3.05, 3.63) is 0 Å². The van der Waals surface area contributed by atoms with Gasteiger partial charge in [-0.05, 0) is 19.8 Å². The van der Waals surface area contributed by atoms with Crippen molar-refractivity contribution in [2.75, 3.05) is 26.0 Å². The molecule has 1 heterocycles. The van der Waals surface area contributed by atoms with Crippen LogP contribution in [0.1, 0.15) is 19.8 Å². The van der Waals surface area contributed by atoms with Crippen LogP contribution in [0.2, 0.25) is 0 Å². The second-order valence-electron chi connectivity index (χ2n) is 4.60. The van der Waals surface area contributed by atoms with Crippen LogP contribution in [0, 0.1) is 5.41 Å². The minimum Gasteiger partial charge on any atom is -0.481 e. The molecule has 1 aliphatic rings. The normalized spacial score (nSPS) is 20.3. The second kappa shape index (κ2) is 5.23. The summed E-state index contributed by atoms with van der Waals surface area (Å²) in [4.78, 5) is 22.0. The number of piperidine rings is 1. The maximum Gasteiger partial charge on any atom is 0.322 e. The Balaban J connectivity index is 2.68.